The smallest absolute Gasteiger partial charge is 0.524 e. The number of rotatable bonds is 9. The summed E-state index contributed by atoms with van der Waals surface area (Å²) >= 11 is -0.839. The number of unbranched alkanes of at least 4 members (excludes halogenated alkanes) is 3. The summed E-state index contributed by atoms with van der Waals surface area (Å²) in [6.45, 7) is 7.00. The van der Waals surface area contributed by atoms with Crippen molar-refractivity contribution in [1.82, 2.24) is 0 Å². The van der Waals surface area contributed by atoms with Crippen molar-refractivity contribution in [2.24, 2.45) is 0 Å². The Hall–Kier alpha value is -0.316. The van der Waals surface area contributed by atoms with E-state index in [1.165, 1.54) is 46.2 Å². The fourth-order valence-electron chi connectivity index (χ4n) is 2.43. The van der Waals surface area contributed by atoms with Gasteiger partial charge in [0, 0.05) is 0 Å². The molecule has 0 atom stereocenters. The van der Waals surface area contributed by atoms with E-state index >= 15 is 0 Å². The molecule has 0 N–H and O–H groups in total. The summed E-state index contributed by atoms with van der Waals surface area (Å²) < 4.78 is 14.9. The molecule has 1 aliphatic heterocycles. The number of benzene rings is 1. The standard InChI is InChI=1S/C6H4BO2.3C4H9.Sn/c1-2-4-6-5(3-1)8-7-9-6;3*1-3-4-2;/h1-4H;3*1,3-4H2,2H3;. The first-order chi connectivity index (χ1) is 10.8. The molecule has 2 rings (SSSR count). The van der Waals surface area contributed by atoms with Crippen molar-refractivity contribution in [2.75, 3.05) is 0 Å². The van der Waals surface area contributed by atoms with Crippen LogP contribution in [-0.2, 0) is 0 Å². The molecule has 0 unspecified atom stereocenters. The van der Waals surface area contributed by atoms with Crippen LogP contribution in [0.1, 0.15) is 59.3 Å². The first-order valence-corrected chi connectivity index (χ1v) is 14.9. The zero-order valence-electron chi connectivity index (χ0n) is 14.6. The van der Waals surface area contributed by atoms with Gasteiger partial charge in [0.25, 0.3) is 0 Å². The van der Waals surface area contributed by atoms with Crippen LogP contribution >= 0.6 is 0 Å². The predicted octanol–water partition coefficient (Wildman–Crippen LogP) is 5.87. The fourth-order valence-corrected chi connectivity index (χ4v) is 11.9. The van der Waals surface area contributed by atoms with E-state index in [0.717, 1.165) is 11.5 Å². The van der Waals surface area contributed by atoms with Crippen molar-refractivity contribution in [1.29, 1.82) is 0 Å². The topological polar surface area (TPSA) is 18.5 Å². The normalized spacial score (nSPS) is 11.8. The van der Waals surface area contributed by atoms with Crippen LogP contribution in [0.15, 0.2) is 24.3 Å². The van der Waals surface area contributed by atoms with Crippen LogP contribution < -0.4 is 9.31 Å². The largest absolute Gasteiger partial charge is 0.658 e. The quantitative estimate of drug-likeness (QED) is 0.475. The Morgan fingerprint density at radius 1 is 0.773 bits per heavy atom. The van der Waals surface area contributed by atoms with E-state index < -0.39 is 19.8 Å². The van der Waals surface area contributed by atoms with Crippen LogP contribution in [0.5, 0.6) is 11.5 Å². The Bertz CT molecular complexity index is 345. The third kappa shape index (κ3) is 8.35. The second-order valence-corrected chi connectivity index (χ2v) is 14.4. The Balaban J connectivity index is 0.000000231. The minimum atomic E-state index is -0.839. The molecule has 1 aliphatic rings. The summed E-state index contributed by atoms with van der Waals surface area (Å²) in [5, 5.41) is 0. The van der Waals surface area contributed by atoms with E-state index in [1.807, 2.05) is 24.3 Å². The van der Waals surface area contributed by atoms with Gasteiger partial charge in [-0.3, -0.25) is 0 Å². The van der Waals surface area contributed by atoms with E-state index in [2.05, 4.69) is 20.8 Å². The second kappa shape index (κ2) is 13.2. The molecule has 0 saturated heterocycles. The van der Waals surface area contributed by atoms with Gasteiger partial charge in [0.15, 0.2) is 0 Å². The van der Waals surface area contributed by atoms with Gasteiger partial charge in [-0.2, -0.15) is 0 Å². The van der Waals surface area contributed by atoms with Crippen LogP contribution in [0.4, 0.5) is 0 Å². The predicted molar refractivity (Wildman–Crippen MR) is 98.4 cm³/mol. The summed E-state index contributed by atoms with van der Waals surface area (Å²) in [5.41, 5.74) is 0. The monoisotopic (exact) mass is 410 g/mol. The fraction of sp³-hybridized carbons (Fsp3) is 0.667. The molecule has 122 valence electrons. The Morgan fingerprint density at radius 3 is 1.55 bits per heavy atom. The van der Waals surface area contributed by atoms with Crippen molar-refractivity contribution in [3.05, 3.63) is 24.3 Å². The molecule has 0 amide bonds. The average molecular weight is 409 g/mol. The van der Waals surface area contributed by atoms with Crippen molar-refractivity contribution < 1.29 is 9.31 Å². The van der Waals surface area contributed by atoms with Gasteiger partial charge in [-0.1, -0.05) is 12.1 Å². The summed E-state index contributed by atoms with van der Waals surface area (Å²) in [4.78, 5) is 0. The molecule has 0 fully saturated rings. The van der Waals surface area contributed by atoms with E-state index in [-0.39, 0.29) is 0 Å². The van der Waals surface area contributed by atoms with Gasteiger partial charge in [0.1, 0.15) is 11.5 Å². The van der Waals surface area contributed by atoms with Crippen molar-refractivity contribution in [2.45, 2.75) is 72.6 Å². The summed E-state index contributed by atoms with van der Waals surface area (Å²) in [6.07, 6.45) is 8.85. The third-order valence-electron chi connectivity index (χ3n) is 3.85. The Labute approximate surface area is 145 Å². The number of para-hydroxylation sites is 2. The maximum atomic E-state index is 4.95. The second-order valence-electron chi connectivity index (χ2n) is 5.84. The molecule has 0 spiro atoms. The molecular formula is C18H31BO2Sn. The molecule has 0 saturated carbocycles. The number of fused-ring (bicyclic) bond motifs is 1. The molecule has 0 aromatic heterocycles. The van der Waals surface area contributed by atoms with E-state index in [0.29, 0.717) is 0 Å². The minimum Gasteiger partial charge on any atom is -0.524 e. The minimum absolute atomic E-state index is 0.789. The van der Waals surface area contributed by atoms with Crippen LogP contribution in [0.25, 0.3) is 0 Å². The zero-order valence-corrected chi connectivity index (χ0v) is 17.4. The molecular weight excluding hydrogens is 378 g/mol. The zero-order chi connectivity index (χ0) is 16.0. The van der Waals surface area contributed by atoms with Gasteiger partial charge in [-0.05, 0) is 12.1 Å². The molecule has 1 aromatic rings. The molecule has 0 bridgehead atoms. The SMILES string of the molecule is CCC[CH2][Sn]([CH2]CCC)[CH2]CCC.[B]1Oc2ccccc2O1. The van der Waals surface area contributed by atoms with Crippen LogP contribution in [0.2, 0.25) is 13.3 Å². The van der Waals surface area contributed by atoms with Crippen molar-refractivity contribution in [3.8, 4) is 11.5 Å². The number of hydrogen-bond acceptors (Lipinski definition) is 2. The molecule has 1 aromatic carbocycles. The van der Waals surface area contributed by atoms with Gasteiger partial charge < -0.3 is 9.31 Å². The molecule has 4 heteroatoms. The maximum absolute atomic E-state index is 4.95. The summed E-state index contributed by atoms with van der Waals surface area (Å²) in [7, 11) is 1.32. The van der Waals surface area contributed by atoms with Crippen molar-refractivity contribution in [3.63, 3.8) is 0 Å². The molecule has 2 nitrogen and oxygen atoms in total. The molecule has 0 aliphatic carbocycles. The van der Waals surface area contributed by atoms with E-state index in [1.54, 1.807) is 13.3 Å². The van der Waals surface area contributed by atoms with Crippen molar-refractivity contribution >= 4 is 27.4 Å². The van der Waals surface area contributed by atoms with Crippen LogP contribution in [0.3, 0.4) is 0 Å². The summed E-state index contributed by atoms with van der Waals surface area (Å²) in [6, 6.07) is 7.53. The van der Waals surface area contributed by atoms with Gasteiger partial charge in [0.2, 0.25) is 0 Å². The first kappa shape index (κ1) is 19.7. The van der Waals surface area contributed by atoms with Gasteiger partial charge >= 0.3 is 100 Å². The van der Waals surface area contributed by atoms with Gasteiger partial charge in [-0.25, -0.2) is 0 Å². The maximum Gasteiger partial charge on any atom is 0.658 e. The van der Waals surface area contributed by atoms with E-state index in [4.69, 9.17) is 9.31 Å². The third-order valence-corrected chi connectivity index (χ3v) is 12.9. The molecule has 2 radical (unpaired) electrons. The first-order valence-electron chi connectivity index (χ1n) is 8.89. The van der Waals surface area contributed by atoms with Crippen LogP contribution in [-0.4, -0.2) is 27.4 Å². The van der Waals surface area contributed by atoms with E-state index in [9.17, 15) is 0 Å². The number of hydrogen-bond donors (Lipinski definition) is 0. The average Bonchev–Trinajstić information content (AvgIpc) is 3.03. The van der Waals surface area contributed by atoms with Gasteiger partial charge in [0.05, 0.1) is 0 Å². The Morgan fingerprint density at radius 2 is 1.18 bits per heavy atom. The van der Waals surface area contributed by atoms with Crippen LogP contribution in [0, 0.1) is 0 Å². The Kier molecular flexibility index (Phi) is 11.8. The molecule has 1 heterocycles. The van der Waals surface area contributed by atoms with Gasteiger partial charge in [-0.15, -0.1) is 0 Å². The molecule has 22 heavy (non-hydrogen) atoms. The summed E-state index contributed by atoms with van der Waals surface area (Å²) in [5.74, 6) is 1.58.